The quantitative estimate of drug-likeness (QED) is 0.750. The van der Waals surface area contributed by atoms with Crippen molar-refractivity contribution in [2.45, 2.75) is 6.54 Å². The summed E-state index contributed by atoms with van der Waals surface area (Å²) >= 11 is 6.07. The minimum atomic E-state index is -0.485. The van der Waals surface area contributed by atoms with E-state index in [1.165, 1.54) is 0 Å². The number of amides is 1. The third-order valence-electron chi connectivity index (χ3n) is 2.76. The molecular weight excluding hydrogens is 262 g/mol. The fraction of sp³-hybridized carbons (Fsp3) is 0.0714. The molecule has 0 aromatic heterocycles. The summed E-state index contributed by atoms with van der Waals surface area (Å²) in [7, 11) is 0. The number of anilines is 2. The zero-order valence-electron chi connectivity index (χ0n) is 10.2. The van der Waals surface area contributed by atoms with Crippen LogP contribution in [0.5, 0.6) is 0 Å². The van der Waals surface area contributed by atoms with Crippen molar-refractivity contribution in [1.82, 2.24) is 0 Å². The van der Waals surface area contributed by atoms with Crippen LogP contribution in [0.15, 0.2) is 42.5 Å². The van der Waals surface area contributed by atoms with E-state index < -0.39 is 5.91 Å². The van der Waals surface area contributed by atoms with Gasteiger partial charge in [0.15, 0.2) is 0 Å². The number of hydrogen-bond donors (Lipinski definition) is 3. The minimum absolute atomic E-state index is 0.413. The van der Waals surface area contributed by atoms with Gasteiger partial charge in [-0.3, -0.25) is 4.79 Å². The van der Waals surface area contributed by atoms with Crippen LogP contribution in [0.4, 0.5) is 11.4 Å². The number of carbonyl (C=O) groups is 1. The van der Waals surface area contributed by atoms with Crippen LogP contribution in [0.2, 0.25) is 5.02 Å². The summed E-state index contributed by atoms with van der Waals surface area (Å²) in [6.07, 6.45) is 0. The van der Waals surface area contributed by atoms with Crippen LogP contribution in [0.25, 0.3) is 0 Å². The van der Waals surface area contributed by atoms with Gasteiger partial charge in [0.05, 0.1) is 11.4 Å². The maximum Gasteiger partial charge on any atom is 0.248 e. The van der Waals surface area contributed by atoms with E-state index in [0.29, 0.717) is 28.5 Å². The summed E-state index contributed by atoms with van der Waals surface area (Å²) in [4.78, 5) is 11.1. The fourth-order valence-corrected chi connectivity index (χ4v) is 1.90. The van der Waals surface area contributed by atoms with Gasteiger partial charge in [0.2, 0.25) is 5.91 Å². The first kappa shape index (κ1) is 13.2. The smallest absolute Gasteiger partial charge is 0.248 e. The first-order chi connectivity index (χ1) is 9.08. The number of hydrogen-bond acceptors (Lipinski definition) is 3. The highest BCUT2D eigenvalue weighted by Crippen LogP contribution is 2.22. The maximum absolute atomic E-state index is 11.1. The zero-order valence-corrected chi connectivity index (χ0v) is 10.9. The standard InChI is InChI=1S/C14H14ClN3O/c15-11-4-2-1-3-10(11)8-18-13-7-9(14(17)19)5-6-12(13)16/h1-7,18H,8,16H2,(H2,17,19). The molecule has 5 N–H and O–H groups in total. The Kier molecular flexibility index (Phi) is 3.92. The molecule has 1 amide bonds. The molecular formula is C14H14ClN3O. The van der Waals surface area contributed by atoms with Gasteiger partial charge in [0.25, 0.3) is 0 Å². The molecule has 0 spiro atoms. The van der Waals surface area contributed by atoms with Crippen LogP contribution in [-0.4, -0.2) is 5.91 Å². The van der Waals surface area contributed by atoms with Crippen LogP contribution in [0.1, 0.15) is 15.9 Å². The Bertz CT molecular complexity index is 613. The number of benzene rings is 2. The average Bonchev–Trinajstić information content (AvgIpc) is 2.39. The van der Waals surface area contributed by atoms with Crippen LogP contribution in [-0.2, 0) is 6.54 Å². The summed E-state index contributed by atoms with van der Waals surface area (Å²) in [6, 6.07) is 12.4. The van der Waals surface area contributed by atoms with Crippen molar-refractivity contribution < 1.29 is 4.79 Å². The van der Waals surface area contributed by atoms with Gasteiger partial charge in [0, 0.05) is 17.1 Å². The lowest BCUT2D eigenvalue weighted by Crippen LogP contribution is -2.12. The van der Waals surface area contributed by atoms with E-state index in [1.807, 2.05) is 24.3 Å². The molecule has 2 rings (SSSR count). The highest BCUT2D eigenvalue weighted by atomic mass is 35.5. The van der Waals surface area contributed by atoms with E-state index in [0.717, 1.165) is 5.56 Å². The monoisotopic (exact) mass is 275 g/mol. The lowest BCUT2D eigenvalue weighted by molar-refractivity contribution is 0.100. The van der Waals surface area contributed by atoms with Gasteiger partial charge in [-0.1, -0.05) is 29.8 Å². The number of carbonyl (C=O) groups excluding carboxylic acids is 1. The molecule has 19 heavy (non-hydrogen) atoms. The van der Waals surface area contributed by atoms with Crippen molar-refractivity contribution in [3.8, 4) is 0 Å². The topological polar surface area (TPSA) is 81.1 Å². The Hall–Kier alpha value is -2.20. The molecule has 0 saturated carbocycles. The molecule has 0 atom stereocenters. The lowest BCUT2D eigenvalue weighted by Gasteiger charge is -2.11. The Morgan fingerprint density at radius 2 is 1.95 bits per heavy atom. The molecule has 98 valence electrons. The number of nitrogens with one attached hydrogen (secondary N) is 1. The van der Waals surface area contributed by atoms with Crippen molar-refractivity contribution in [2.24, 2.45) is 5.73 Å². The third-order valence-corrected chi connectivity index (χ3v) is 3.13. The van der Waals surface area contributed by atoms with Crippen LogP contribution < -0.4 is 16.8 Å². The van der Waals surface area contributed by atoms with Crippen molar-refractivity contribution in [3.05, 3.63) is 58.6 Å². The molecule has 0 radical (unpaired) electrons. The Morgan fingerprint density at radius 3 is 2.63 bits per heavy atom. The first-order valence-corrected chi connectivity index (χ1v) is 6.12. The Morgan fingerprint density at radius 1 is 1.21 bits per heavy atom. The minimum Gasteiger partial charge on any atom is -0.397 e. The molecule has 5 heteroatoms. The molecule has 4 nitrogen and oxygen atoms in total. The second kappa shape index (κ2) is 5.63. The molecule has 0 saturated heterocycles. The molecule has 0 bridgehead atoms. The van der Waals surface area contributed by atoms with Gasteiger partial charge in [-0.25, -0.2) is 0 Å². The summed E-state index contributed by atoms with van der Waals surface area (Å²) in [5.41, 5.74) is 13.7. The molecule has 0 aliphatic heterocycles. The van der Waals surface area contributed by atoms with Crippen molar-refractivity contribution in [3.63, 3.8) is 0 Å². The van der Waals surface area contributed by atoms with E-state index in [-0.39, 0.29) is 0 Å². The number of rotatable bonds is 4. The lowest BCUT2D eigenvalue weighted by atomic mass is 10.1. The zero-order chi connectivity index (χ0) is 13.8. The van der Waals surface area contributed by atoms with E-state index in [2.05, 4.69) is 5.32 Å². The number of nitrogen functional groups attached to an aromatic ring is 1. The molecule has 0 fully saturated rings. The number of primary amides is 1. The third kappa shape index (κ3) is 3.17. The highest BCUT2D eigenvalue weighted by molar-refractivity contribution is 6.31. The molecule has 0 aliphatic rings. The normalized spacial score (nSPS) is 10.2. The first-order valence-electron chi connectivity index (χ1n) is 5.74. The maximum atomic E-state index is 11.1. The number of halogens is 1. The van der Waals surface area contributed by atoms with Gasteiger partial charge in [-0.15, -0.1) is 0 Å². The predicted molar refractivity (Wildman–Crippen MR) is 78.2 cm³/mol. The molecule has 2 aromatic rings. The largest absolute Gasteiger partial charge is 0.397 e. The van der Waals surface area contributed by atoms with Gasteiger partial charge in [-0.2, -0.15) is 0 Å². The van der Waals surface area contributed by atoms with Gasteiger partial charge in [-0.05, 0) is 29.8 Å². The van der Waals surface area contributed by atoms with Gasteiger partial charge >= 0.3 is 0 Å². The van der Waals surface area contributed by atoms with E-state index in [9.17, 15) is 4.79 Å². The Balaban J connectivity index is 2.17. The highest BCUT2D eigenvalue weighted by Gasteiger charge is 2.06. The van der Waals surface area contributed by atoms with E-state index in [1.54, 1.807) is 18.2 Å². The van der Waals surface area contributed by atoms with Crippen molar-refractivity contribution in [2.75, 3.05) is 11.1 Å². The molecule has 0 aliphatic carbocycles. The fourth-order valence-electron chi connectivity index (χ4n) is 1.69. The van der Waals surface area contributed by atoms with E-state index >= 15 is 0 Å². The second-order valence-corrected chi connectivity index (χ2v) is 4.52. The molecule has 0 heterocycles. The molecule has 2 aromatic carbocycles. The summed E-state index contributed by atoms with van der Waals surface area (Å²) in [5.74, 6) is -0.485. The molecule has 0 unspecified atom stereocenters. The van der Waals surface area contributed by atoms with Crippen LogP contribution in [0, 0.1) is 0 Å². The summed E-state index contributed by atoms with van der Waals surface area (Å²) < 4.78 is 0. The van der Waals surface area contributed by atoms with Gasteiger partial charge in [0.1, 0.15) is 0 Å². The number of nitrogens with two attached hydrogens (primary N) is 2. The van der Waals surface area contributed by atoms with E-state index in [4.69, 9.17) is 23.1 Å². The SMILES string of the molecule is NC(=O)c1ccc(N)c(NCc2ccccc2Cl)c1. The predicted octanol–water partition coefficient (Wildman–Crippen LogP) is 2.63. The second-order valence-electron chi connectivity index (χ2n) is 4.11. The van der Waals surface area contributed by atoms with Gasteiger partial charge < -0.3 is 16.8 Å². The van der Waals surface area contributed by atoms with Crippen LogP contribution >= 0.6 is 11.6 Å². The average molecular weight is 276 g/mol. The Labute approximate surface area is 116 Å². The van der Waals surface area contributed by atoms with Crippen LogP contribution in [0.3, 0.4) is 0 Å². The summed E-state index contributed by atoms with van der Waals surface area (Å²) in [6.45, 7) is 0.520. The van der Waals surface area contributed by atoms with Crippen molar-refractivity contribution in [1.29, 1.82) is 0 Å². The van der Waals surface area contributed by atoms with Crippen molar-refractivity contribution >= 4 is 28.9 Å². The summed E-state index contributed by atoms with van der Waals surface area (Å²) in [5, 5.41) is 3.83.